The normalized spacial score (nSPS) is 11.7. The Bertz CT molecular complexity index is 750. The van der Waals surface area contributed by atoms with Gasteiger partial charge in [-0.05, 0) is 42.8 Å². The van der Waals surface area contributed by atoms with Crippen LogP contribution < -0.4 is 5.32 Å². The zero-order chi connectivity index (χ0) is 17.7. The summed E-state index contributed by atoms with van der Waals surface area (Å²) >= 11 is 11.6. The van der Waals surface area contributed by atoms with Crippen LogP contribution in [0.15, 0.2) is 42.5 Å². The Kier molecular flexibility index (Phi) is 6.17. The van der Waals surface area contributed by atoms with E-state index in [1.165, 1.54) is 37.3 Å². The molecule has 0 saturated carbocycles. The molecule has 2 aromatic carbocycles. The van der Waals surface area contributed by atoms with Crippen molar-refractivity contribution in [3.8, 4) is 0 Å². The van der Waals surface area contributed by atoms with Gasteiger partial charge in [0.1, 0.15) is 5.82 Å². The molecule has 0 bridgehead atoms. The van der Waals surface area contributed by atoms with Crippen molar-refractivity contribution in [3.05, 3.63) is 69.5 Å². The van der Waals surface area contributed by atoms with E-state index in [4.69, 9.17) is 27.9 Å². The van der Waals surface area contributed by atoms with Gasteiger partial charge in [0.2, 0.25) is 0 Å². The highest BCUT2D eigenvalue weighted by Gasteiger charge is 2.19. The molecule has 0 saturated heterocycles. The van der Waals surface area contributed by atoms with Gasteiger partial charge in [0, 0.05) is 6.54 Å². The summed E-state index contributed by atoms with van der Waals surface area (Å²) < 4.78 is 17.9. The van der Waals surface area contributed by atoms with Gasteiger partial charge in [-0.15, -0.1) is 0 Å². The summed E-state index contributed by atoms with van der Waals surface area (Å²) in [7, 11) is 0. The summed E-state index contributed by atoms with van der Waals surface area (Å²) in [5, 5.41) is 3.15. The number of amides is 1. The number of benzene rings is 2. The van der Waals surface area contributed by atoms with Gasteiger partial charge in [0.05, 0.1) is 15.6 Å². The standard InChI is InChI=1S/C17H14Cl2FNO3/c1-10(16(22)21-9-11-2-5-13(20)6-3-11)24-17(23)12-4-7-14(18)15(19)8-12/h2-8,10H,9H2,1H3,(H,21,22). The molecule has 0 aliphatic rings. The van der Waals surface area contributed by atoms with Crippen molar-refractivity contribution in [1.82, 2.24) is 5.32 Å². The maximum atomic E-state index is 12.8. The lowest BCUT2D eigenvalue weighted by Gasteiger charge is -2.14. The molecule has 1 N–H and O–H groups in total. The van der Waals surface area contributed by atoms with Crippen molar-refractivity contribution in [2.24, 2.45) is 0 Å². The van der Waals surface area contributed by atoms with Gasteiger partial charge in [0.15, 0.2) is 6.10 Å². The van der Waals surface area contributed by atoms with Crippen LogP contribution in [0.5, 0.6) is 0 Å². The van der Waals surface area contributed by atoms with E-state index in [0.717, 1.165) is 5.56 Å². The number of hydrogen-bond acceptors (Lipinski definition) is 3. The smallest absolute Gasteiger partial charge is 0.338 e. The van der Waals surface area contributed by atoms with Crippen molar-refractivity contribution < 1.29 is 18.7 Å². The SMILES string of the molecule is CC(OC(=O)c1ccc(Cl)c(Cl)c1)C(=O)NCc1ccc(F)cc1. The summed E-state index contributed by atoms with van der Waals surface area (Å²) in [5.74, 6) is -1.50. The Hall–Kier alpha value is -2.11. The highest BCUT2D eigenvalue weighted by molar-refractivity contribution is 6.42. The minimum atomic E-state index is -0.993. The van der Waals surface area contributed by atoms with Crippen LogP contribution in [0.25, 0.3) is 0 Å². The first kappa shape index (κ1) is 18.2. The van der Waals surface area contributed by atoms with Gasteiger partial charge in [0.25, 0.3) is 5.91 Å². The number of esters is 1. The van der Waals surface area contributed by atoms with E-state index in [1.807, 2.05) is 0 Å². The molecule has 1 amide bonds. The van der Waals surface area contributed by atoms with E-state index in [0.29, 0.717) is 5.02 Å². The fourth-order valence-corrected chi connectivity index (χ4v) is 2.14. The molecule has 24 heavy (non-hydrogen) atoms. The zero-order valence-electron chi connectivity index (χ0n) is 12.7. The van der Waals surface area contributed by atoms with Crippen molar-refractivity contribution in [2.75, 3.05) is 0 Å². The van der Waals surface area contributed by atoms with E-state index in [9.17, 15) is 14.0 Å². The highest BCUT2D eigenvalue weighted by atomic mass is 35.5. The third kappa shape index (κ3) is 4.94. The lowest BCUT2D eigenvalue weighted by atomic mass is 10.2. The molecule has 0 heterocycles. The van der Waals surface area contributed by atoms with E-state index in [2.05, 4.69) is 5.32 Å². The monoisotopic (exact) mass is 369 g/mol. The Morgan fingerprint density at radius 1 is 1.12 bits per heavy atom. The van der Waals surface area contributed by atoms with Crippen molar-refractivity contribution >= 4 is 35.1 Å². The number of nitrogens with one attached hydrogen (secondary N) is 1. The van der Waals surface area contributed by atoms with E-state index >= 15 is 0 Å². The van der Waals surface area contributed by atoms with Gasteiger partial charge < -0.3 is 10.1 Å². The molecule has 0 aliphatic carbocycles. The fraction of sp³-hybridized carbons (Fsp3) is 0.176. The van der Waals surface area contributed by atoms with Crippen LogP contribution in [-0.2, 0) is 16.1 Å². The van der Waals surface area contributed by atoms with Gasteiger partial charge in [-0.1, -0.05) is 35.3 Å². The van der Waals surface area contributed by atoms with Crippen LogP contribution in [0.2, 0.25) is 10.0 Å². The van der Waals surface area contributed by atoms with E-state index < -0.39 is 18.0 Å². The Labute approximate surface area is 148 Å². The molecular formula is C17H14Cl2FNO3. The number of ether oxygens (including phenoxy) is 1. The summed E-state index contributed by atoms with van der Waals surface area (Å²) in [5.41, 5.74) is 0.926. The van der Waals surface area contributed by atoms with Crippen LogP contribution in [0.3, 0.4) is 0 Å². The average Bonchev–Trinajstić information content (AvgIpc) is 2.56. The molecule has 0 spiro atoms. The minimum Gasteiger partial charge on any atom is -0.449 e. The quantitative estimate of drug-likeness (QED) is 0.810. The summed E-state index contributed by atoms with van der Waals surface area (Å²) in [6.45, 7) is 1.66. The lowest BCUT2D eigenvalue weighted by Crippen LogP contribution is -2.35. The lowest BCUT2D eigenvalue weighted by molar-refractivity contribution is -0.129. The molecule has 0 radical (unpaired) electrons. The van der Waals surface area contributed by atoms with Crippen LogP contribution in [0, 0.1) is 5.82 Å². The topological polar surface area (TPSA) is 55.4 Å². The molecule has 7 heteroatoms. The van der Waals surface area contributed by atoms with Crippen molar-refractivity contribution in [1.29, 1.82) is 0 Å². The number of rotatable bonds is 5. The van der Waals surface area contributed by atoms with E-state index in [-0.39, 0.29) is 22.9 Å². The predicted octanol–water partition coefficient (Wildman–Crippen LogP) is 3.99. The second kappa shape index (κ2) is 8.13. The minimum absolute atomic E-state index is 0.197. The molecule has 1 atom stereocenters. The third-order valence-corrected chi connectivity index (χ3v) is 3.93. The summed E-state index contributed by atoms with van der Waals surface area (Å²) in [4.78, 5) is 24.0. The maximum Gasteiger partial charge on any atom is 0.338 e. The number of halogens is 3. The maximum absolute atomic E-state index is 12.8. The average molecular weight is 370 g/mol. The highest BCUT2D eigenvalue weighted by Crippen LogP contribution is 2.23. The molecule has 1 unspecified atom stereocenters. The van der Waals surface area contributed by atoms with Crippen LogP contribution in [-0.4, -0.2) is 18.0 Å². The molecule has 4 nitrogen and oxygen atoms in total. The first-order valence-electron chi connectivity index (χ1n) is 7.05. The zero-order valence-corrected chi connectivity index (χ0v) is 14.2. The summed E-state index contributed by atoms with van der Waals surface area (Å²) in [6, 6.07) is 10.0. The molecule has 0 aromatic heterocycles. The molecule has 2 rings (SSSR count). The number of carbonyl (C=O) groups excluding carboxylic acids is 2. The van der Waals surface area contributed by atoms with E-state index in [1.54, 1.807) is 12.1 Å². The Morgan fingerprint density at radius 2 is 1.79 bits per heavy atom. The van der Waals surface area contributed by atoms with Crippen molar-refractivity contribution in [3.63, 3.8) is 0 Å². The first-order chi connectivity index (χ1) is 11.4. The number of carbonyl (C=O) groups is 2. The molecule has 0 aliphatic heterocycles. The van der Waals surface area contributed by atoms with Gasteiger partial charge in [-0.2, -0.15) is 0 Å². The largest absolute Gasteiger partial charge is 0.449 e. The Balaban J connectivity index is 1.89. The second-order valence-electron chi connectivity index (χ2n) is 5.02. The Morgan fingerprint density at radius 3 is 2.42 bits per heavy atom. The van der Waals surface area contributed by atoms with Crippen molar-refractivity contribution in [2.45, 2.75) is 19.6 Å². The summed E-state index contributed by atoms with van der Waals surface area (Å²) in [6.07, 6.45) is -0.993. The molecule has 0 fully saturated rings. The van der Waals surface area contributed by atoms with Crippen LogP contribution in [0.4, 0.5) is 4.39 Å². The van der Waals surface area contributed by atoms with Gasteiger partial charge >= 0.3 is 5.97 Å². The molecule has 126 valence electrons. The van der Waals surface area contributed by atoms with Crippen LogP contribution in [0.1, 0.15) is 22.8 Å². The van der Waals surface area contributed by atoms with Crippen LogP contribution >= 0.6 is 23.2 Å². The second-order valence-corrected chi connectivity index (χ2v) is 5.84. The fourth-order valence-electron chi connectivity index (χ4n) is 1.84. The van der Waals surface area contributed by atoms with Gasteiger partial charge in [-0.25, -0.2) is 9.18 Å². The first-order valence-corrected chi connectivity index (χ1v) is 7.80. The third-order valence-electron chi connectivity index (χ3n) is 3.19. The van der Waals surface area contributed by atoms with Gasteiger partial charge in [-0.3, -0.25) is 4.79 Å². The predicted molar refractivity (Wildman–Crippen MR) is 89.6 cm³/mol. The number of hydrogen-bond donors (Lipinski definition) is 1. The molecule has 2 aromatic rings. The molecular weight excluding hydrogens is 356 g/mol.